The monoisotopic (exact) mass is 446 g/mol. The topological polar surface area (TPSA) is 93.0 Å². The molecule has 0 aliphatic carbocycles. The molecule has 0 atom stereocenters. The predicted octanol–water partition coefficient (Wildman–Crippen LogP) is 3.66. The van der Waals surface area contributed by atoms with Crippen LogP contribution in [0.25, 0.3) is 0 Å². The van der Waals surface area contributed by atoms with E-state index in [1.165, 1.54) is 0 Å². The maximum Gasteiger partial charge on any atom is 0.272 e. The second-order valence-electron chi connectivity index (χ2n) is 8.51. The highest BCUT2D eigenvalue weighted by atomic mass is 16.2. The molecular formula is C25H30N6O2. The van der Waals surface area contributed by atoms with Crippen LogP contribution < -0.4 is 5.32 Å². The predicted molar refractivity (Wildman–Crippen MR) is 126 cm³/mol. The molecule has 1 N–H and O–H groups in total. The number of nitrogens with zero attached hydrogens (tertiary/aromatic N) is 5. The standard InChI is InChI=1S/C25H30N6O2/c1-5-21-16(2)22(30(4)29-21)25(33)31-13-11-18(12-14-31)23-26-15-20(17(3)27-23)24(32)28-19-9-7-6-8-10-19/h6-10,15,18H,5,11-14H2,1-4H3,(H,28,32). The van der Waals surface area contributed by atoms with Gasteiger partial charge in [0, 0.05) is 43.5 Å². The number of hydrogen-bond acceptors (Lipinski definition) is 5. The molecule has 172 valence electrons. The highest BCUT2D eigenvalue weighted by Crippen LogP contribution is 2.27. The van der Waals surface area contributed by atoms with Gasteiger partial charge in [-0.15, -0.1) is 0 Å². The van der Waals surface area contributed by atoms with E-state index >= 15 is 0 Å². The van der Waals surface area contributed by atoms with Gasteiger partial charge >= 0.3 is 0 Å². The fraction of sp³-hybridized carbons (Fsp3) is 0.400. The van der Waals surface area contributed by atoms with Crippen molar-refractivity contribution in [2.45, 2.75) is 46.0 Å². The average Bonchev–Trinajstić information content (AvgIpc) is 3.12. The molecule has 3 heterocycles. The Bertz CT molecular complexity index is 1160. The Labute approximate surface area is 194 Å². The lowest BCUT2D eigenvalue weighted by Crippen LogP contribution is -2.39. The van der Waals surface area contributed by atoms with Crippen LogP contribution in [0, 0.1) is 13.8 Å². The summed E-state index contributed by atoms with van der Waals surface area (Å²) in [5.41, 5.74) is 4.47. The molecule has 0 bridgehead atoms. The number of nitrogens with one attached hydrogen (secondary N) is 1. The Morgan fingerprint density at radius 3 is 2.42 bits per heavy atom. The van der Waals surface area contributed by atoms with Gasteiger partial charge in [0.1, 0.15) is 11.5 Å². The minimum absolute atomic E-state index is 0.0330. The van der Waals surface area contributed by atoms with Crippen molar-refractivity contribution < 1.29 is 9.59 Å². The summed E-state index contributed by atoms with van der Waals surface area (Å²) in [7, 11) is 1.83. The third-order valence-electron chi connectivity index (χ3n) is 6.34. The number of benzene rings is 1. The third kappa shape index (κ3) is 4.65. The number of likely N-dealkylation sites (tertiary alicyclic amines) is 1. The minimum Gasteiger partial charge on any atom is -0.337 e. The first-order valence-electron chi connectivity index (χ1n) is 11.4. The molecular weight excluding hydrogens is 416 g/mol. The first kappa shape index (κ1) is 22.6. The van der Waals surface area contributed by atoms with E-state index in [0.29, 0.717) is 30.0 Å². The zero-order chi connectivity index (χ0) is 23.5. The largest absolute Gasteiger partial charge is 0.337 e. The molecule has 0 saturated carbocycles. The van der Waals surface area contributed by atoms with E-state index in [1.54, 1.807) is 10.9 Å². The average molecular weight is 447 g/mol. The van der Waals surface area contributed by atoms with Crippen molar-refractivity contribution in [2.24, 2.45) is 7.05 Å². The summed E-state index contributed by atoms with van der Waals surface area (Å²) in [4.78, 5) is 36.8. The van der Waals surface area contributed by atoms with Crippen molar-refractivity contribution in [1.82, 2.24) is 24.6 Å². The molecule has 1 aliphatic rings. The van der Waals surface area contributed by atoms with Gasteiger partial charge in [0.05, 0.1) is 17.0 Å². The van der Waals surface area contributed by atoms with E-state index < -0.39 is 0 Å². The zero-order valence-electron chi connectivity index (χ0n) is 19.6. The molecule has 33 heavy (non-hydrogen) atoms. The Kier molecular flexibility index (Phi) is 6.53. The molecule has 0 unspecified atom stereocenters. The van der Waals surface area contributed by atoms with Crippen LogP contribution in [0.2, 0.25) is 0 Å². The molecule has 0 radical (unpaired) electrons. The van der Waals surface area contributed by atoms with Gasteiger partial charge in [-0.3, -0.25) is 14.3 Å². The number of piperidine rings is 1. The fourth-order valence-corrected chi connectivity index (χ4v) is 4.44. The Balaban J connectivity index is 1.41. The summed E-state index contributed by atoms with van der Waals surface area (Å²) in [5.74, 6) is 0.716. The number of anilines is 1. The van der Waals surface area contributed by atoms with E-state index in [9.17, 15) is 9.59 Å². The first-order valence-corrected chi connectivity index (χ1v) is 11.4. The van der Waals surface area contributed by atoms with Crippen LogP contribution in [0.15, 0.2) is 36.5 Å². The fourth-order valence-electron chi connectivity index (χ4n) is 4.44. The third-order valence-corrected chi connectivity index (χ3v) is 6.34. The van der Waals surface area contributed by atoms with Gasteiger partial charge in [0.2, 0.25) is 0 Å². The molecule has 8 heteroatoms. The van der Waals surface area contributed by atoms with Crippen molar-refractivity contribution in [3.05, 3.63) is 70.6 Å². The number of para-hydroxylation sites is 1. The summed E-state index contributed by atoms with van der Waals surface area (Å²) in [6.45, 7) is 7.15. The molecule has 2 amide bonds. The van der Waals surface area contributed by atoms with Crippen LogP contribution >= 0.6 is 0 Å². The highest BCUT2D eigenvalue weighted by molar-refractivity contribution is 6.04. The number of rotatable bonds is 5. The zero-order valence-corrected chi connectivity index (χ0v) is 19.6. The van der Waals surface area contributed by atoms with Gasteiger partial charge in [0.15, 0.2) is 0 Å². The summed E-state index contributed by atoms with van der Waals surface area (Å²) < 4.78 is 1.70. The molecule has 8 nitrogen and oxygen atoms in total. The van der Waals surface area contributed by atoms with E-state index in [4.69, 9.17) is 0 Å². The van der Waals surface area contributed by atoms with Crippen molar-refractivity contribution in [1.29, 1.82) is 0 Å². The maximum atomic E-state index is 13.1. The smallest absolute Gasteiger partial charge is 0.272 e. The van der Waals surface area contributed by atoms with Gasteiger partial charge in [-0.1, -0.05) is 25.1 Å². The van der Waals surface area contributed by atoms with Crippen LogP contribution in [-0.2, 0) is 13.5 Å². The Morgan fingerprint density at radius 1 is 1.12 bits per heavy atom. The number of aromatic nitrogens is 4. The molecule has 3 aromatic rings. The van der Waals surface area contributed by atoms with Crippen LogP contribution in [-0.4, -0.2) is 49.6 Å². The van der Waals surface area contributed by atoms with Crippen LogP contribution in [0.3, 0.4) is 0 Å². The molecule has 1 aliphatic heterocycles. The van der Waals surface area contributed by atoms with E-state index in [2.05, 4.69) is 20.4 Å². The van der Waals surface area contributed by atoms with Crippen LogP contribution in [0.4, 0.5) is 5.69 Å². The Hall–Kier alpha value is -3.55. The van der Waals surface area contributed by atoms with Gasteiger partial charge in [0.25, 0.3) is 11.8 Å². The number of amides is 2. The number of hydrogen-bond donors (Lipinski definition) is 1. The van der Waals surface area contributed by atoms with Crippen molar-refractivity contribution in [3.63, 3.8) is 0 Å². The maximum absolute atomic E-state index is 13.1. The second-order valence-corrected chi connectivity index (χ2v) is 8.51. The lowest BCUT2D eigenvalue weighted by atomic mass is 9.95. The van der Waals surface area contributed by atoms with E-state index in [0.717, 1.165) is 42.0 Å². The normalized spacial score (nSPS) is 14.4. The van der Waals surface area contributed by atoms with Crippen LogP contribution in [0.1, 0.15) is 69.3 Å². The van der Waals surface area contributed by atoms with Gasteiger partial charge in [-0.05, 0) is 45.2 Å². The molecule has 2 aromatic heterocycles. The molecule has 0 spiro atoms. The second kappa shape index (κ2) is 9.52. The number of carbonyl (C=O) groups is 2. The summed E-state index contributed by atoms with van der Waals surface area (Å²) in [5, 5.41) is 7.36. The van der Waals surface area contributed by atoms with Gasteiger partial charge in [-0.2, -0.15) is 5.10 Å². The lowest BCUT2D eigenvalue weighted by Gasteiger charge is -2.31. The highest BCUT2D eigenvalue weighted by Gasteiger charge is 2.29. The van der Waals surface area contributed by atoms with Crippen molar-refractivity contribution in [3.8, 4) is 0 Å². The molecule has 1 aromatic carbocycles. The molecule has 1 saturated heterocycles. The summed E-state index contributed by atoms with van der Waals surface area (Å²) in [6, 6.07) is 9.33. The van der Waals surface area contributed by atoms with E-state index in [1.807, 2.05) is 63.1 Å². The molecule has 1 fully saturated rings. The molecule has 4 rings (SSSR count). The first-order chi connectivity index (χ1) is 15.9. The SMILES string of the molecule is CCc1nn(C)c(C(=O)N2CCC(c3ncc(C(=O)Nc4ccccc4)c(C)n3)CC2)c1C. The number of carbonyl (C=O) groups excluding carboxylic acids is 2. The Morgan fingerprint density at radius 2 is 1.82 bits per heavy atom. The minimum atomic E-state index is -0.219. The van der Waals surface area contributed by atoms with Crippen molar-refractivity contribution >= 4 is 17.5 Å². The van der Waals surface area contributed by atoms with Gasteiger partial charge in [-0.25, -0.2) is 9.97 Å². The lowest BCUT2D eigenvalue weighted by molar-refractivity contribution is 0.0698. The van der Waals surface area contributed by atoms with Crippen LogP contribution in [0.5, 0.6) is 0 Å². The van der Waals surface area contributed by atoms with Gasteiger partial charge < -0.3 is 10.2 Å². The number of aryl methyl sites for hydroxylation is 3. The summed E-state index contributed by atoms with van der Waals surface area (Å²) >= 11 is 0. The quantitative estimate of drug-likeness (QED) is 0.646. The van der Waals surface area contributed by atoms with Crippen molar-refractivity contribution in [2.75, 3.05) is 18.4 Å². The summed E-state index contributed by atoms with van der Waals surface area (Å²) in [6.07, 6.45) is 4.00. The van der Waals surface area contributed by atoms with E-state index in [-0.39, 0.29) is 17.7 Å².